The zero-order valence-electron chi connectivity index (χ0n) is 14.5. The average molecular weight is 332 g/mol. The molecule has 2 aromatic rings. The zero-order chi connectivity index (χ0) is 17.5. The maximum absolute atomic E-state index is 13.0. The molecule has 0 aliphatic heterocycles. The van der Waals surface area contributed by atoms with Crippen molar-refractivity contribution in [1.82, 2.24) is 10.2 Å². The number of rotatable bonds is 8. The topological polar surface area (TPSA) is 45.5 Å². The molecule has 0 aliphatic rings. The molecule has 1 aromatic heterocycles. The van der Waals surface area contributed by atoms with E-state index in [4.69, 9.17) is 4.42 Å². The van der Waals surface area contributed by atoms with E-state index >= 15 is 0 Å². The van der Waals surface area contributed by atoms with Gasteiger partial charge in [-0.15, -0.1) is 0 Å². The maximum Gasteiger partial charge on any atom is 0.220 e. The van der Waals surface area contributed by atoms with Crippen LogP contribution in [-0.4, -0.2) is 31.4 Å². The molecule has 0 fully saturated rings. The van der Waals surface area contributed by atoms with Crippen LogP contribution in [0.1, 0.15) is 43.0 Å². The first-order chi connectivity index (χ1) is 11.5. The Labute approximate surface area is 142 Å². The Kier molecular flexibility index (Phi) is 6.55. The Hall–Kier alpha value is -2.14. The predicted octanol–water partition coefficient (Wildman–Crippen LogP) is 3.72. The minimum Gasteiger partial charge on any atom is -0.468 e. The van der Waals surface area contributed by atoms with Gasteiger partial charge in [-0.05, 0) is 56.3 Å². The van der Waals surface area contributed by atoms with Crippen LogP contribution in [0.2, 0.25) is 0 Å². The highest BCUT2D eigenvalue weighted by atomic mass is 19.1. The van der Waals surface area contributed by atoms with Gasteiger partial charge in [-0.25, -0.2) is 4.39 Å². The summed E-state index contributed by atoms with van der Waals surface area (Å²) in [5, 5.41) is 2.98. The number of carbonyl (C=O) groups is 1. The van der Waals surface area contributed by atoms with E-state index in [2.05, 4.69) is 5.32 Å². The third kappa shape index (κ3) is 4.93. The summed E-state index contributed by atoms with van der Waals surface area (Å²) in [5.74, 6) is 0.646. The monoisotopic (exact) mass is 332 g/mol. The second-order valence-electron chi connectivity index (χ2n) is 6.16. The molecule has 1 aromatic carbocycles. The van der Waals surface area contributed by atoms with Crippen LogP contribution in [-0.2, 0) is 4.79 Å². The van der Waals surface area contributed by atoms with Gasteiger partial charge in [-0.3, -0.25) is 9.69 Å². The molecule has 2 rings (SSSR count). The van der Waals surface area contributed by atoms with Crippen LogP contribution in [0, 0.1) is 5.82 Å². The fraction of sp³-hybridized carbons (Fsp3) is 0.421. The van der Waals surface area contributed by atoms with Crippen LogP contribution in [0.4, 0.5) is 4.39 Å². The second-order valence-corrected chi connectivity index (χ2v) is 6.16. The lowest BCUT2D eigenvalue weighted by atomic mass is 9.93. The van der Waals surface area contributed by atoms with E-state index in [1.807, 2.05) is 38.1 Å². The van der Waals surface area contributed by atoms with Crippen LogP contribution in [0.3, 0.4) is 0 Å². The molecule has 5 heteroatoms. The molecule has 0 spiro atoms. The summed E-state index contributed by atoms with van der Waals surface area (Å²) in [6.07, 6.45) is 2.85. The third-order valence-electron chi connectivity index (χ3n) is 4.25. The largest absolute Gasteiger partial charge is 0.468 e. The quantitative estimate of drug-likeness (QED) is 0.801. The van der Waals surface area contributed by atoms with E-state index in [1.165, 1.54) is 12.1 Å². The van der Waals surface area contributed by atoms with Crippen molar-refractivity contribution in [3.05, 3.63) is 59.8 Å². The number of carbonyl (C=O) groups excluding carboxylic acids is 1. The van der Waals surface area contributed by atoms with Crippen LogP contribution >= 0.6 is 0 Å². The van der Waals surface area contributed by atoms with Crippen LogP contribution in [0.15, 0.2) is 47.1 Å². The molecule has 0 radical (unpaired) electrons. The van der Waals surface area contributed by atoms with Gasteiger partial charge < -0.3 is 9.73 Å². The highest BCUT2D eigenvalue weighted by molar-refractivity contribution is 5.76. The van der Waals surface area contributed by atoms with Crippen molar-refractivity contribution in [2.24, 2.45) is 0 Å². The summed E-state index contributed by atoms with van der Waals surface area (Å²) in [7, 11) is 3.90. The smallest absolute Gasteiger partial charge is 0.220 e. The lowest BCUT2D eigenvalue weighted by Gasteiger charge is -2.23. The van der Waals surface area contributed by atoms with Gasteiger partial charge in [-0.1, -0.05) is 19.1 Å². The number of hydrogen-bond donors (Lipinski definition) is 1. The van der Waals surface area contributed by atoms with E-state index in [0.717, 1.165) is 17.7 Å². The summed E-state index contributed by atoms with van der Waals surface area (Å²) in [6, 6.07) is 10.1. The molecule has 0 saturated heterocycles. The van der Waals surface area contributed by atoms with E-state index in [-0.39, 0.29) is 23.7 Å². The maximum atomic E-state index is 13.0. The van der Waals surface area contributed by atoms with Crippen LogP contribution in [0.25, 0.3) is 0 Å². The highest BCUT2D eigenvalue weighted by Gasteiger charge is 2.19. The number of likely N-dealkylation sites (N-methyl/N-ethyl adjacent to an activating group) is 1. The summed E-state index contributed by atoms with van der Waals surface area (Å²) in [4.78, 5) is 14.3. The Morgan fingerprint density at radius 1 is 1.25 bits per heavy atom. The third-order valence-corrected chi connectivity index (χ3v) is 4.25. The standard InChI is InChI=1S/C19H25FN2O2/c1-4-14(15-7-9-16(20)10-8-15)12-19(23)21-13-17(22(2)3)18-6-5-11-24-18/h5-11,14,17H,4,12-13H2,1-3H3,(H,21,23). The van der Waals surface area contributed by atoms with Crippen molar-refractivity contribution in [3.63, 3.8) is 0 Å². The molecule has 1 heterocycles. The molecule has 0 aliphatic carbocycles. The molecule has 2 unspecified atom stereocenters. The fourth-order valence-corrected chi connectivity index (χ4v) is 2.76. The number of furan rings is 1. The molecular weight excluding hydrogens is 307 g/mol. The molecule has 0 bridgehead atoms. The summed E-state index contributed by atoms with van der Waals surface area (Å²) in [5.41, 5.74) is 0.990. The fourth-order valence-electron chi connectivity index (χ4n) is 2.76. The Balaban J connectivity index is 1.92. The van der Waals surface area contributed by atoms with Crippen molar-refractivity contribution >= 4 is 5.91 Å². The molecule has 130 valence electrons. The van der Waals surface area contributed by atoms with E-state index in [1.54, 1.807) is 18.4 Å². The van der Waals surface area contributed by atoms with E-state index in [0.29, 0.717) is 13.0 Å². The minimum absolute atomic E-state index is 0.00477. The zero-order valence-corrected chi connectivity index (χ0v) is 14.5. The summed E-state index contributed by atoms with van der Waals surface area (Å²) >= 11 is 0. The molecular formula is C19H25FN2O2. The molecule has 1 amide bonds. The Bertz CT molecular complexity index is 623. The Morgan fingerprint density at radius 3 is 2.50 bits per heavy atom. The van der Waals surface area contributed by atoms with Gasteiger partial charge in [0.25, 0.3) is 0 Å². The van der Waals surface area contributed by atoms with Gasteiger partial charge in [0.1, 0.15) is 11.6 Å². The van der Waals surface area contributed by atoms with Crippen molar-refractivity contribution in [2.45, 2.75) is 31.7 Å². The van der Waals surface area contributed by atoms with Crippen LogP contribution < -0.4 is 5.32 Å². The molecule has 0 saturated carbocycles. The average Bonchev–Trinajstić information content (AvgIpc) is 3.07. The van der Waals surface area contributed by atoms with Crippen molar-refractivity contribution in [1.29, 1.82) is 0 Å². The molecule has 24 heavy (non-hydrogen) atoms. The number of benzene rings is 1. The number of halogens is 1. The lowest BCUT2D eigenvalue weighted by molar-refractivity contribution is -0.121. The van der Waals surface area contributed by atoms with Crippen molar-refractivity contribution in [3.8, 4) is 0 Å². The van der Waals surface area contributed by atoms with E-state index in [9.17, 15) is 9.18 Å². The normalized spacial score (nSPS) is 13.7. The van der Waals surface area contributed by atoms with Gasteiger partial charge in [-0.2, -0.15) is 0 Å². The second kappa shape index (κ2) is 8.64. The lowest BCUT2D eigenvalue weighted by Crippen LogP contribution is -2.34. The molecule has 2 atom stereocenters. The summed E-state index contributed by atoms with van der Waals surface area (Å²) < 4.78 is 18.5. The van der Waals surface area contributed by atoms with Crippen LogP contribution in [0.5, 0.6) is 0 Å². The van der Waals surface area contributed by atoms with Gasteiger partial charge in [0.05, 0.1) is 12.3 Å². The first-order valence-corrected chi connectivity index (χ1v) is 8.23. The number of amides is 1. The minimum atomic E-state index is -0.259. The molecule has 4 nitrogen and oxygen atoms in total. The Morgan fingerprint density at radius 2 is 1.96 bits per heavy atom. The summed E-state index contributed by atoms with van der Waals surface area (Å²) in [6.45, 7) is 2.52. The number of nitrogens with one attached hydrogen (secondary N) is 1. The van der Waals surface area contributed by atoms with Gasteiger partial charge in [0.15, 0.2) is 0 Å². The van der Waals surface area contributed by atoms with E-state index < -0.39 is 0 Å². The first kappa shape index (κ1) is 18.2. The molecule has 1 N–H and O–H groups in total. The SMILES string of the molecule is CCC(CC(=O)NCC(c1ccco1)N(C)C)c1ccc(F)cc1. The van der Waals surface area contributed by atoms with Crippen molar-refractivity contribution in [2.75, 3.05) is 20.6 Å². The van der Waals surface area contributed by atoms with Crippen molar-refractivity contribution < 1.29 is 13.6 Å². The van der Waals surface area contributed by atoms with Gasteiger partial charge in [0.2, 0.25) is 5.91 Å². The number of nitrogens with zero attached hydrogens (tertiary/aromatic N) is 1. The predicted molar refractivity (Wildman–Crippen MR) is 92.2 cm³/mol. The number of hydrogen-bond acceptors (Lipinski definition) is 3. The van der Waals surface area contributed by atoms with Gasteiger partial charge >= 0.3 is 0 Å². The highest BCUT2D eigenvalue weighted by Crippen LogP contribution is 2.24. The van der Waals surface area contributed by atoms with Gasteiger partial charge in [0, 0.05) is 13.0 Å². The first-order valence-electron chi connectivity index (χ1n) is 8.23.